The minimum Gasteiger partial charge on any atom is -0.323 e. The number of carbonyl (C=O) groups excluding carboxylic acids is 1. The number of carbonyl (C=O) groups is 1. The Bertz CT molecular complexity index is 1230. The fourth-order valence-electron chi connectivity index (χ4n) is 2.72. The number of anilines is 2. The van der Waals surface area contributed by atoms with Gasteiger partial charge in [-0.3, -0.25) is 9.52 Å². The number of aromatic nitrogens is 4. The van der Waals surface area contributed by atoms with E-state index in [1.54, 1.807) is 4.68 Å². The summed E-state index contributed by atoms with van der Waals surface area (Å²) in [5, 5.41) is 14.9. The molecule has 1 aliphatic rings. The van der Waals surface area contributed by atoms with Crippen molar-refractivity contribution in [2.45, 2.75) is 28.9 Å². The highest BCUT2D eigenvalue weighted by molar-refractivity contribution is 7.99. The number of nitrogens with one attached hydrogen (secondary N) is 2. The summed E-state index contributed by atoms with van der Waals surface area (Å²) >= 11 is 7.18. The first-order valence-electron chi connectivity index (χ1n) is 9.11. The molecule has 0 unspecified atom stereocenters. The lowest BCUT2D eigenvalue weighted by Gasteiger charge is -2.14. The predicted octanol–water partition coefficient (Wildman–Crippen LogP) is 3.33. The topological polar surface area (TPSA) is 119 Å². The molecule has 2 N–H and O–H groups in total. The summed E-state index contributed by atoms with van der Waals surface area (Å²) < 4.78 is 43.2. The van der Waals surface area contributed by atoms with Crippen molar-refractivity contribution in [3.63, 3.8) is 0 Å². The van der Waals surface area contributed by atoms with Crippen LogP contribution in [0.15, 0.2) is 52.5 Å². The molecule has 2 aromatic carbocycles. The average Bonchev–Trinajstić information content (AvgIpc) is 3.46. The second-order valence-corrected chi connectivity index (χ2v) is 9.73. The molecule has 31 heavy (non-hydrogen) atoms. The van der Waals surface area contributed by atoms with E-state index >= 15 is 0 Å². The smallest absolute Gasteiger partial charge is 0.264 e. The molecular formula is C18H16ClFN6O3S2. The Morgan fingerprint density at radius 3 is 2.74 bits per heavy atom. The minimum absolute atomic E-state index is 0.000883. The van der Waals surface area contributed by atoms with E-state index in [4.69, 9.17) is 11.6 Å². The molecule has 0 bridgehead atoms. The lowest BCUT2D eigenvalue weighted by molar-refractivity contribution is -0.113. The number of amides is 1. The number of rotatable bonds is 8. The van der Waals surface area contributed by atoms with E-state index in [1.807, 2.05) is 0 Å². The normalized spacial score (nSPS) is 13.7. The van der Waals surface area contributed by atoms with Crippen LogP contribution in [0.25, 0.3) is 0 Å². The van der Waals surface area contributed by atoms with Gasteiger partial charge in [-0.15, -0.1) is 5.10 Å². The molecule has 1 aromatic heterocycles. The molecule has 4 rings (SSSR count). The van der Waals surface area contributed by atoms with Crippen molar-refractivity contribution in [2.75, 3.05) is 15.8 Å². The molecule has 0 radical (unpaired) electrons. The molecule has 1 fully saturated rings. The maximum Gasteiger partial charge on any atom is 0.264 e. The predicted molar refractivity (Wildman–Crippen MR) is 114 cm³/mol. The first-order chi connectivity index (χ1) is 14.8. The van der Waals surface area contributed by atoms with Crippen molar-refractivity contribution < 1.29 is 17.6 Å². The zero-order valence-corrected chi connectivity index (χ0v) is 18.2. The quantitative estimate of drug-likeness (QED) is 0.472. The van der Waals surface area contributed by atoms with E-state index in [-0.39, 0.29) is 28.2 Å². The van der Waals surface area contributed by atoms with E-state index in [0.29, 0.717) is 5.16 Å². The number of thioether (sulfide) groups is 1. The van der Waals surface area contributed by atoms with Gasteiger partial charge in [-0.2, -0.15) is 0 Å². The number of nitrogens with zero attached hydrogens (tertiary/aromatic N) is 4. The van der Waals surface area contributed by atoms with Gasteiger partial charge in [-0.1, -0.05) is 35.5 Å². The molecule has 1 heterocycles. The lowest BCUT2D eigenvalue weighted by Crippen LogP contribution is -2.19. The van der Waals surface area contributed by atoms with Gasteiger partial charge < -0.3 is 5.32 Å². The first kappa shape index (κ1) is 21.5. The van der Waals surface area contributed by atoms with Gasteiger partial charge in [0.05, 0.1) is 23.2 Å². The monoisotopic (exact) mass is 482 g/mol. The highest BCUT2D eigenvalue weighted by Gasteiger charge is 2.28. The fourth-order valence-corrected chi connectivity index (χ4v) is 4.79. The van der Waals surface area contributed by atoms with E-state index in [1.165, 1.54) is 42.1 Å². The highest BCUT2D eigenvalue weighted by atomic mass is 35.5. The Hall–Kier alpha value is -2.70. The van der Waals surface area contributed by atoms with Gasteiger partial charge in [0.25, 0.3) is 10.0 Å². The number of sulfonamides is 1. The third kappa shape index (κ3) is 5.14. The Balaban J connectivity index is 1.48. The van der Waals surface area contributed by atoms with Crippen molar-refractivity contribution in [1.82, 2.24) is 20.2 Å². The van der Waals surface area contributed by atoms with Gasteiger partial charge in [0.15, 0.2) is 0 Å². The Morgan fingerprint density at radius 1 is 1.23 bits per heavy atom. The minimum atomic E-state index is -4.23. The van der Waals surface area contributed by atoms with Gasteiger partial charge in [0.2, 0.25) is 11.1 Å². The maximum absolute atomic E-state index is 14.0. The molecule has 1 amide bonds. The van der Waals surface area contributed by atoms with E-state index in [9.17, 15) is 17.6 Å². The molecule has 1 saturated carbocycles. The molecule has 0 aliphatic heterocycles. The van der Waals surface area contributed by atoms with Crippen molar-refractivity contribution in [2.24, 2.45) is 0 Å². The van der Waals surface area contributed by atoms with Crippen LogP contribution in [0.4, 0.5) is 15.8 Å². The third-order valence-corrected chi connectivity index (χ3v) is 6.88. The summed E-state index contributed by atoms with van der Waals surface area (Å²) in [5.41, 5.74) is 0.189. The van der Waals surface area contributed by atoms with Crippen LogP contribution in [-0.4, -0.2) is 40.3 Å². The molecule has 9 nitrogen and oxygen atoms in total. The number of benzene rings is 2. The van der Waals surface area contributed by atoms with Crippen molar-refractivity contribution in [3.05, 3.63) is 53.3 Å². The van der Waals surface area contributed by atoms with Crippen molar-refractivity contribution in [3.8, 4) is 0 Å². The summed E-state index contributed by atoms with van der Waals surface area (Å²) in [6.45, 7) is 0. The van der Waals surface area contributed by atoms with E-state index < -0.39 is 26.6 Å². The largest absolute Gasteiger partial charge is 0.323 e. The molecule has 1 aliphatic carbocycles. The summed E-state index contributed by atoms with van der Waals surface area (Å²) in [6, 6.07) is 9.50. The first-order valence-corrected chi connectivity index (χ1v) is 12.0. The standard InChI is InChI=1S/C18H16ClFN6O3S2/c19-11-5-8-14(23-31(28,29)16-4-2-1-3-13(16)20)15(9-11)21-17(27)10-30-18-22-24-25-26(18)12-6-7-12/h1-5,8-9,12,23H,6-7,10H2,(H,21,27). The fraction of sp³-hybridized carbons (Fsp3) is 0.222. The lowest BCUT2D eigenvalue weighted by atomic mass is 10.2. The van der Waals surface area contributed by atoms with Crippen LogP contribution in [0.1, 0.15) is 18.9 Å². The summed E-state index contributed by atoms with van der Waals surface area (Å²) in [4.78, 5) is 12.0. The molecule has 162 valence electrons. The SMILES string of the molecule is O=C(CSc1nnnn1C1CC1)Nc1cc(Cl)ccc1NS(=O)(=O)c1ccccc1F. The Morgan fingerprint density at radius 2 is 2.00 bits per heavy atom. The van der Waals surface area contributed by atoms with Crippen LogP contribution >= 0.6 is 23.4 Å². The van der Waals surface area contributed by atoms with Gasteiger partial charge in [0, 0.05) is 5.02 Å². The molecule has 3 aromatic rings. The summed E-state index contributed by atoms with van der Waals surface area (Å²) in [7, 11) is -4.23. The van der Waals surface area contributed by atoms with Crippen LogP contribution < -0.4 is 10.0 Å². The zero-order chi connectivity index (χ0) is 22.0. The molecular weight excluding hydrogens is 467 g/mol. The zero-order valence-electron chi connectivity index (χ0n) is 15.8. The maximum atomic E-state index is 14.0. The second-order valence-electron chi connectivity index (χ2n) is 6.70. The average molecular weight is 483 g/mol. The van der Waals surface area contributed by atoms with Gasteiger partial charge in [-0.25, -0.2) is 17.5 Å². The molecule has 0 atom stereocenters. The van der Waals surface area contributed by atoms with Crippen LogP contribution in [0.5, 0.6) is 0 Å². The number of hydrogen-bond donors (Lipinski definition) is 2. The van der Waals surface area contributed by atoms with Crippen LogP contribution in [0.2, 0.25) is 5.02 Å². The van der Waals surface area contributed by atoms with Crippen molar-refractivity contribution in [1.29, 1.82) is 0 Å². The highest BCUT2D eigenvalue weighted by Crippen LogP contribution is 2.36. The van der Waals surface area contributed by atoms with E-state index in [0.717, 1.165) is 25.0 Å². The number of tetrazole rings is 1. The van der Waals surface area contributed by atoms with Crippen LogP contribution in [0.3, 0.4) is 0 Å². The van der Waals surface area contributed by atoms with Gasteiger partial charge in [-0.05, 0) is 53.6 Å². The van der Waals surface area contributed by atoms with Gasteiger partial charge in [0.1, 0.15) is 10.7 Å². The van der Waals surface area contributed by atoms with Crippen LogP contribution in [-0.2, 0) is 14.8 Å². The van der Waals surface area contributed by atoms with Crippen molar-refractivity contribution >= 4 is 50.7 Å². The second kappa shape index (κ2) is 8.81. The Labute approximate surface area is 186 Å². The number of halogens is 2. The van der Waals surface area contributed by atoms with Gasteiger partial charge >= 0.3 is 0 Å². The third-order valence-electron chi connectivity index (χ3n) is 4.31. The molecule has 13 heteroatoms. The summed E-state index contributed by atoms with van der Waals surface area (Å²) in [6.07, 6.45) is 2.00. The molecule has 0 saturated heterocycles. The Kier molecular flexibility index (Phi) is 6.12. The molecule has 0 spiro atoms. The summed E-state index contributed by atoms with van der Waals surface area (Å²) in [5.74, 6) is -1.30. The van der Waals surface area contributed by atoms with E-state index in [2.05, 4.69) is 25.6 Å². The number of hydrogen-bond acceptors (Lipinski definition) is 7. The van der Waals surface area contributed by atoms with Crippen LogP contribution in [0, 0.1) is 5.82 Å².